The first-order valence-corrected chi connectivity index (χ1v) is 6.67. The van der Waals surface area contributed by atoms with Crippen LogP contribution in [0.1, 0.15) is 45.6 Å². The van der Waals surface area contributed by atoms with Crippen LogP contribution in [0.5, 0.6) is 0 Å². The van der Waals surface area contributed by atoms with Gasteiger partial charge in [-0.2, -0.15) is 0 Å². The summed E-state index contributed by atoms with van der Waals surface area (Å²) in [5.41, 5.74) is 1.12. The lowest BCUT2D eigenvalue weighted by molar-refractivity contribution is -0.128. The predicted molar refractivity (Wildman–Crippen MR) is 74.7 cm³/mol. The van der Waals surface area contributed by atoms with Crippen LogP contribution in [0.3, 0.4) is 0 Å². The lowest BCUT2D eigenvalue weighted by atomic mass is 10.1. The number of ether oxygens (including phenoxy) is 1. The molecule has 0 amide bonds. The van der Waals surface area contributed by atoms with Gasteiger partial charge in [-0.25, -0.2) is 0 Å². The number of hydrogen-bond acceptors (Lipinski definition) is 2. The summed E-state index contributed by atoms with van der Waals surface area (Å²) >= 11 is 0. The van der Waals surface area contributed by atoms with E-state index in [4.69, 9.17) is 4.74 Å². The molecule has 0 heterocycles. The minimum atomic E-state index is -0.223. The van der Waals surface area contributed by atoms with Gasteiger partial charge in [-0.15, -0.1) is 0 Å². The molecule has 18 heavy (non-hydrogen) atoms. The summed E-state index contributed by atoms with van der Waals surface area (Å²) in [6.45, 7) is 6.15. The molecule has 2 heteroatoms. The van der Waals surface area contributed by atoms with Crippen LogP contribution in [0.2, 0.25) is 0 Å². The molecule has 0 saturated carbocycles. The van der Waals surface area contributed by atoms with Crippen molar-refractivity contribution in [1.82, 2.24) is 0 Å². The standard InChI is InChI=1S/C16H24O2/c1-16(2,3)18-13-15(17)12-8-7-11-14-9-5-4-6-10-14/h4-6,9-10H,7-8,11-13H2,1-3H3. The monoisotopic (exact) mass is 248 g/mol. The molecular formula is C16H24O2. The van der Waals surface area contributed by atoms with Crippen molar-refractivity contribution < 1.29 is 9.53 Å². The lowest BCUT2D eigenvalue weighted by Crippen LogP contribution is -2.23. The maximum absolute atomic E-state index is 11.6. The second-order valence-electron chi connectivity index (χ2n) is 5.63. The normalized spacial score (nSPS) is 11.5. The third kappa shape index (κ3) is 7.23. The Labute approximate surface area is 110 Å². The molecule has 0 N–H and O–H groups in total. The van der Waals surface area contributed by atoms with E-state index in [9.17, 15) is 4.79 Å². The van der Waals surface area contributed by atoms with E-state index in [2.05, 4.69) is 24.3 Å². The molecule has 0 atom stereocenters. The average Bonchev–Trinajstić information content (AvgIpc) is 2.33. The number of hydrogen-bond donors (Lipinski definition) is 0. The van der Waals surface area contributed by atoms with E-state index < -0.39 is 0 Å². The highest BCUT2D eigenvalue weighted by Gasteiger charge is 2.12. The Balaban J connectivity index is 2.09. The van der Waals surface area contributed by atoms with Gasteiger partial charge in [-0.05, 0) is 45.6 Å². The molecule has 0 radical (unpaired) electrons. The van der Waals surface area contributed by atoms with E-state index in [1.165, 1.54) is 5.56 Å². The van der Waals surface area contributed by atoms with Crippen molar-refractivity contribution in [2.45, 2.75) is 52.1 Å². The molecule has 0 saturated heterocycles. The van der Waals surface area contributed by atoms with Gasteiger partial charge in [0.15, 0.2) is 5.78 Å². The van der Waals surface area contributed by atoms with Crippen LogP contribution < -0.4 is 0 Å². The summed E-state index contributed by atoms with van der Waals surface area (Å²) in [4.78, 5) is 11.6. The number of Topliss-reactive ketones (excluding diaryl/α,β-unsaturated/α-hetero) is 1. The van der Waals surface area contributed by atoms with Crippen molar-refractivity contribution in [3.63, 3.8) is 0 Å². The number of aryl methyl sites for hydroxylation is 1. The van der Waals surface area contributed by atoms with Crippen LogP contribution in [0, 0.1) is 0 Å². The quantitative estimate of drug-likeness (QED) is 0.686. The van der Waals surface area contributed by atoms with Crippen LogP contribution in [0.15, 0.2) is 30.3 Å². The van der Waals surface area contributed by atoms with Gasteiger partial charge in [0.2, 0.25) is 0 Å². The van der Waals surface area contributed by atoms with Crippen molar-refractivity contribution in [3.05, 3.63) is 35.9 Å². The van der Waals surface area contributed by atoms with E-state index in [0.29, 0.717) is 6.42 Å². The zero-order valence-electron chi connectivity index (χ0n) is 11.7. The fourth-order valence-corrected chi connectivity index (χ4v) is 1.67. The smallest absolute Gasteiger partial charge is 0.158 e. The second-order valence-corrected chi connectivity index (χ2v) is 5.63. The average molecular weight is 248 g/mol. The van der Waals surface area contributed by atoms with Gasteiger partial charge < -0.3 is 4.74 Å². The summed E-state index contributed by atoms with van der Waals surface area (Å²) in [5.74, 6) is 0.206. The largest absolute Gasteiger partial charge is 0.368 e. The molecule has 1 rings (SSSR count). The summed E-state index contributed by atoms with van der Waals surface area (Å²) in [5, 5.41) is 0. The van der Waals surface area contributed by atoms with Gasteiger partial charge in [0, 0.05) is 6.42 Å². The van der Waals surface area contributed by atoms with Crippen molar-refractivity contribution in [3.8, 4) is 0 Å². The highest BCUT2D eigenvalue weighted by atomic mass is 16.5. The number of ketones is 1. The summed E-state index contributed by atoms with van der Waals surface area (Å²) < 4.78 is 5.46. The van der Waals surface area contributed by atoms with Crippen molar-refractivity contribution in [2.24, 2.45) is 0 Å². The van der Waals surface area contributed by atoms with Crippen molar-refractivity contribution >= 4 is 5.78 Å². The SMILES string of the molecule is CC(C)(C)OCC(=O)CCCCc1ccccc1. The predicted octanol–water partition coefficient (Wildman–Crippen LogP) is 3.78. The van der Waals surface area contributed by atoms with Crippen molar-refractivity contribution in [1.29, 1.82) is 0 Å². The Hall–Kier alpha value is -1.15. The summed E-state index contributed by atoms with van der Waals surface area (Å²) in [6, 6.07) is 10.4. The Kier molecular flexibility index (Phi) is 6.06. The molecule has 0 fully saturated rings. The number of carbonyl (C=O) groups is 1. The van der Waals surface area contributed by atoms with Crippen LogP contribution in [0.25, 0.3) is 0 Å². The minimum Gasteiger partial charge on any atom is -0.368 e. The van der Waals surface area contributed by atoms with Gasteiger partial charge >= 0.3 is 0 Å². The molecule has 1 aromatic rings. The van der Waals surface area contributed by atoms with E-state index >= 15 is 0 Å². The maximum atomic E-state index is 11.6. The third-order valence-electron chi connectivity index (χ3n) is 2.68. The van der Waals surface area contributed by atoms with Crippen LogP contribution >= 0.6 is 0 Å². The molecule has 0 aliphatic rings. The first-order chi connectivity index (χ1) is 8.47. The Bertz CT molecular complexity index is 349. The second kappa shape index (κ2) is 7.32. The summed E-state index contributed by atoms with van der Waals surface area (Å²) in [6.07, 6.45) is 3.68. The molecule has 0 aliphatic carbocycles. The van der Waals surface area contributed by atoms with E-state index in [1.807, 2.05) is 26.8 Å². The molecule has 0 spiro atoms. The lowest BCUT2D eigenvalue weighted by Gasteiger charge is -2.18. The van der Waals surface area contributed by atoms with E-state index in [-0.39, 0.29) is 18.0 Å². The molecule has 1 aromatic carbocycles. The van der Waals surface area contributed by atoms with Gasteiger partial charge in [0.1, 0.15) is 6.61 Å². The van der Waals surface area contributed by atoms with Gasteiger partial charge in [-0.3, -0.25) is 4.79 Å². The van der Waals surface area contributed by atoms with Crippen LogP contribution in [0.4, 0.5) is 0 Å². The van der Waals surface area contributed by atoms with Crippen LogP contribution in [-0.4, -0.2) is 18.0 Å². The molecule has 0 aliphatic heterocycles. The number of benzene rings is 1. The fraction of sp³-hybridized carbons (Fsp3) is 0.562. The van der Waals surface area contributed by atoms with Gasteiger partial charge in [0.25, 0.3) is 0 Å². The highest BCUT2D eigenvalue weighted by molar-refractivity contribution is 5.79. The molecule has 0 aromatic heterocycles. The van der Waals surface area contributed by atoms with E-state index in [0.717, 1.165) is 19.3 Å². The highest BCUT2D eigenvalue weighted by Crippen LogP contribution is 2.09. The third-order valence-corrected chi connectivity index (χ3v) is 2.68. The Morgan fingerprint density at radius 1 is 1.11 bits per heavy atom. The molecule has 100 valence electrons. The number of carbonyl (C=O) groups excluding carboxylic acids is 1. The number of rotatable bonds is 7. The molecular weight excluding hydrogens is 224 g/mol. The zero-order valence-corrected chi connectivity index (χ0v) is 11.7. The molecule has 0 bridgehead atoms. The summed E-state index contributed by atoms with van der Waals surface area (Å²) in [7, 11) is 0. The first kappa shape index (κ1) is 14.9. The minimum absolute atomic E-state index is 0.206. The Morgan fingerprint density at radius 2 is 1.78 bits per heavy atom. The molecule has 0 unspecified atom stereocenters. The van der Waals surface area contributed by atoms with E-state index in [1.54, 1.807) is 0 Å². The zero-order chi connectivity index (χ0) is 13.4. The number of unbranched alkanes of at least 4 members (excludes halogenated alkanes) is 1. The maximum Gasteiger partial charge on any atom is 0.158 e. The topological polar surface area (TPSA) is 26.3 Å². The molecule has 2 nitrogen and oxygen atoms in total. The van der Waals surface area contributed by atoms with Gasteiger partial charge in [-0.1, -0.05) is 30.3 Å². The fourth-order valence-electron chi connectivity index (χ4n) is 1.67. The Morgan fingerprint density at radius 3 is 2.39 bits per heavy atom. The first-order valence-electron chi connectivity index (χ1n) is 6.67. The van der Waals surface area contributed by atoms with Crippen molar-refractivity contribution in [2.75, 3.05) is 6.61 Å². The van der Waals surface area contributed by atoms with Crippen LogP contribution in [-0.2, 0) is 16.0 Å². The van der Waals surface area contributed by atoms with Gasteiger partial charge in [0.05, 0.1) is 5.60 Å².